The van der Waals surface area contributed by atoms with E-state index in [1.165, 1.54) is 0 Å². The number of methoxy groups -OCH3 is 1. The van der Waals surface area contributed by atoms with Gasteiger partial charge in [-0.2, -0.15) is 0 Å². The molecule has 25 heavy (non-hydrogen) atoms. The van der Waals surface area contributed by atoms with Crippen molar-refractivity contribution in [2.24, 2.45) is 5.41 Å². The molecule has 0 aromatic heterocycles. The lowest BCUT2D eigenvalue weighted by atomic mass is 9.79. The molecule has 1 aromatic rings. The Hall–Kier alpha value is -1.43. The third kappa shape index (κ3) is 6.77. The Morgan fingerprint density at radius 1 is 1.16 bits per heavy atom. The van der Waals surface area contributed by atoms with Gasteiger partial charge in [0.25, 0.3) is 0 Å². The largest absolute Gasteiger partial charge is 0.384 e. The van der Waals surface area contributed by atoms with Gasteiger partial charge in [-0.1, -0.05) is 29.8 Å². The SMILES string of the molecule is COCC1(CNC(=O)CCC(=O)c2ccc(C)cc2)CCNCC1.Cl. The minimum absolute atomic E-state index is 0. The first kappa shape index (κ1) is 21.6. The first-order chi connectivity index (χ1) is 11.5. The molecule has 0 radical (unpaired) electrons. The van der Waals surface area contributed by atoms with Crippen molar-refractivity contribution in [1.29, 1.82) is 0 Å². The van der Waals surface area contributed by atoms with Gasteiger partial charge < -0.3 is 15.4 Å². The molecule has 0 spiro atoms. The van der Waals surface area contributed by atoms with E-state index in [1.807, 2.05) is 31.2 Å². The van der Waals surface area contributed by atoms with Crippen LogP contribution in [0.4, 0.5) is 0 Å². The van der Waals surface area contributed by atoms with Crippen molar-refractivity contribution < 1.29 is 14.3 Å². The van der Waals surface area contributed by atoms with Crippen molar-refractivity contribution in [3.05, 3.63) is 35.4 Å². The molecule has 1 aromatic carbocycles. The number of benzene rings is 1. The third-order valence-corrected chi connectivity index (χ3v) is 4.73. The highest BCUT2D eigenvalue weighted by Crippen LogP contribution is 2.28. The summed E-state index contributed by atoms with van der Waals surface area (Å²) in [6.45, 7) is 5.14. The zero-order chi connectivity index (χ0) is 17.4. The van der Waals surface area contributed by atoms with Gasteiger partial charge >= 0.3 is 0 Å². The quantitative estimate of drug-likeness (QED) is 0.692. The number of ether oxygens (including phenoxy) is 1. The standard InChI is InChI=1S/C19H28N2O3.ClH/c1-15-3-5-16(6-4-15)17(22)7-8-18(23)21-13-19(14-24-2)9-11-20-12-10-19;/h3-6,20H,7-14H2,1-2H3,(H,21,23);1H. The zero-order valence-electron chi connectivity index (χ0n) is 15.1. The van der Waals surface area contributed by atoms with Crippen molar-refractivity contribution >= 4 is 24.1 Å². The number of nitrogens with one attached hydrogen (secondary N) is 2. The molecule has 1 heterocycles. The van der Waals surface area contributed by atoms with E-state index in [1.54, 1.807) is 7.11 Å². The van der Waals surface area contributed by atoms with Crippen LogP contribution in [0.25, 0.3) is 0 Å². The van der Waals surface area contributed by atoms with Crippen LogP contribution in [0.1, 0.15) is 41.6 Å². The van der Waals surface area contributed by atoms with Crippen LogP contribution in [-0.2, 0) is 9.53 Å². The summed E-state index contributed by atoms with van der Waals surface area (Å²) in [4.78, 5) is 24.2. The molecule has 6 heteroatoms. The van der Waals surface area contributed by atoms with Gasteiger partial charge in [0.1, 0.15) is 0 Å². The van der Waals surface area contributed by atoms with E-state index < -0.39 is 0 Å². The normalized spacial score (nSPS) is 15.9. The minimum Gasteiger partial charge on any atom is -0.384 e. The zero-order valence-corrected chi connectivity index (χ0v) is 15.9. The minimum atomic E-state index is -0.0653. The fourth-order valence-electron chi connectivity index (χ4n) is 3.12. The summed E-state index contributed by atoms with van der Waals surface area (Å²) in [6, 6.07) is 7.47. The Kier molecular flexibility index (Phi) is 9.11. The summed E-state index contributed by atoms with van der Waals surface area (Å²) in [5.74, 6) is -0.0527. The predicted molar refractivity (Wildman–Crippen MR) is 101 cm³/mol. The monoisotopic (exact) mass is 368 g/mol. The summed E-state index contributed by atoms with van der Waals surface area (Å²) in [5, 5.41) is 6.33. The number of amides is 1. The van der Waals surface area contributed by atoms with Gasteiger partial charge in [0.15, 0.2) is 5.78 Å². The number of halogens is 1. The van der Waals surface area contributed by atoms with Crippen LogP contribution >= 0.6 is 12.4 Å². The molecular formula is C19H29ClN2O3. The second kappa shape index (κ2) is 10.5. The highest BCUT2D eigenvalue weighted by molar-refractivity contribution is 5.97. The smallest absolute Gasteiger partial charge is 0.220 e. The van der Waals surface area contributed by atoms with Gasteiger partial charge in [-0.25, -0.2) is 0 Å². The molecule has 1 aliphatic heterocycles. The highest BCUT2D eigenvalue weighted by Gasteiger charge is 2.32. The number of ketones is 1. The Labute approximate surface area is 156 Å². The summed E-state index contributed by atoms with van der Waals surface area (Å²) >= 11 is 0. The molecule has 0 atom stereocenters. The Balaban J connectivity index is 0.00000312. The van der Waals surface area contributed by atoms with Gasteiger partial charge in [-0.15, -0.1) is 12.4 Å². The number of hydrogen-bond acceptors (Lipinski definition) is 4. The van der Waals surface area contributed by atoms with E-state index >= 15 is 0 Å². The molecule has 1 amide bonds. The van der Waals surface area contributed by atoms with Crippen LogP contribution in [-0.4, -0.2) is 45.0 Å². The molecule has 140 valence electrons. The van der Waals surface area contributed by atoms with E-state index in [0.717, 1.165) is 31.5 Å². The Morgan fingerprint density at radius 3 is 2.40 bits per heavy atom. The van der Waals surface area contributed by atoms with E-state index in [9.17, 15) is 9.59 Å². The molecule has 2 rings (SSSR count). The van der Waals surface area contributed by atoms with E-state index in [0.29, 0.717) is 18.7 Å². The van der Waals surface area contributed by atoms with E-state index in [-0.39, 0.29) is 42.4 Å². The number of hydrogen-bond donors (Lipinski definition) is 2. The van der Waals surface area contributed by atoms with Crippen molar-refractivity contribution in [3.8, 4) is 0 Å². The van der Waals surface area contributed by atoms with Gasteiger partial charge in [0.05, 0.1) is 6.61 Å². The number of Topliss-reactive ketones (excluding diaryl/α,β-unsaturated/α-hetero) is 1. The van der Waals surface area contributed by atoms with Crippen molar-refractivity contribution in [1.82, 2.24) is 10.6 Å². The number of aryl methyl sites for hydroxylation is 1. The first-order valence-corrected chi connectivity index (χ1v) is 8.61. The number of carbonyl (C=O) groups excluding carboxylic acids is 2. The molecule has 2 N–H and O–H groups in total. The lowest BCUT2D eigenvalue weighted by Crippen LogP contribution is -2.47. The summed E-state index contributed by atoms with van der Waals surface area (Å²) in [7, 11) is 1.70. The van der Waals surface area contributed by atoms with Crippen molar-refractivity contribution in [3.63, 3.8) is 0 Å². The van der Waals surface area contributed by atoms with Crippen LogP contribution in [0, 0.1) is 12.3 Å². The highest BCUT2D eigenvalue weighted by atomic mass is 35.5. The molecule has 1 aliphatic rings. The lowest BCUT2D eigenvalue weighted by Gasteiger charge is -2.37. The van der Waals surface area contributed by atoms with Crippen molar-refractivity contribution in [2.75, 3.05) is 33.4 Å². The van der Waals surface area contributed by atoms with Gasteiger partial charge in [-0.3, -0.25) is 9.59 Å². The Bertz CT molecular complexity index is 549. The van der Waals surface area contributed by atoms with Gasteiger partial charge in [0, 0.05) is 37.5 Å². The van der Waals surface area contributed by atoms with E-state index in [4.69, 9.17) is 4.74 Å². The van der Waals surface area contributed by atoms with Crippen LogP contribution in [0.15, 0.2) is 24.3 Å². The molecule has 1 fully saturated rings. The predicted octanol–water partition coefficient (Wildman–Crippen LogP) is 2.51. The summed E-state index contributed by atoms with van der Waals surface area (Å²) in [6.07, 6.45) is 2.45. The topological polar surface area (TPSA) is 67.4 Å². The third-order valence-electron chi connectivity index (χ3n) is 4.73. The fourth-order valence-corrected chi connectivity index (χ4v) is 3.12. The van der Waals surface area contributed by atoms with Crippen LogP contribution in [0.2, 0.25) is 0 Å². The maximum Gasteiger partial charge on any atom is 0.220 e. The fraction of sp³-hybridized carbons (Fsp3) is 0.579. The molecule has 0 bridgehead atoms. The number of carbonyl (C=O) groups is 2. The molecule has 0 saturated carbocycles. The van der Waals surface area contributed by atoms with Crippen LogP contribution < -0.4 is 10.6 Å². The molecule has 0 unspecified atom stereocenters. The van der Waals surface area contributed by atoms with Gasteiger partial charge in [0.2, 0.25) is 5.91 Å². The molecule has 5 nitrogen and oxygen atoms in total. The molecule has 1 saturated heterocycles. The number of rotatable bonds is 8. The number of piperidine rings is 1. The average molecular weight is 369 g/mol. The lowest BCUT2D eigenvalue weighted by molar-refractivity contribution is -0.122. The van der Waals surface area contributed by atoms with Crippen molar-refractivity contribution in [2.45, 2.75) is 32.6 Å². The van der Waals surface area contributed by atoms with Crippen LogP contribution in [0.5, 0.6) is 0 Å². The second-order valence-corrected chi connectivity index (χ2v) is 6.75. The van der Waals surface area contributed by atoms with Crippen LogP contribution in [0.3, 0.4) is 0 Å². The first-order valence-electron chi connectivity index (χ1n) is 8.61. The maximum atomic E-state index is 12.1. The summed E-state index contributed by atoms with van der Waals surface area (Å²) < 4.78 is 5.35. The second-order valence-electron chi connectivity index (χ2n) is 6.75. The van der Waals surface area contributed by atoms with E-state index in [2.05, 4.69) is 10.6 Å². The van der Waals surface area contributed by atoms with Gasteiger partial charge in [-0.05, 0) is 32.9 Å². The average Bonchev–Trinajstić information content (AvgIpc) is 2.60. The maximum absolute atomic E-state index is 12.1. The molecular weight excluding hydrogens is 340 g/mol. The summed E-state index contributed by atoms with van der Waals surface area (Å²) in [5.41, 5.74) is 1.80. The molecule has 0 aliphatic carbocycles. The Morgan fingerprint density at radius 2 is 1.80 bits per heavy atom.